The van der Waals surface area contributed by atoms with Crippen molar-refractivity contribution in [2.24, 2.45) is 0 Å². The Labute approximate surface area is 242 Å². The molecule has 0 fully saturated rings. The summed E-state index contributed by atoms with van der Waals surface area (Å²) in [5, 5.41) is 2.53. The molecule has 3 heterocycles. The summed E-state index contributed by atoms with van der Waals surface area (Å²) in [6.45, 7) is 2.17. The Hall–Kier alpha value is -5.61. The Morgan fingerprint density at radius 1 is 0.452 bits per heavy atom. The number of fused-ring (bicyclic) bond motifs is 8. The normalized spacial score (nSPS) is 11.9. The Morgan fingerprint density at radius 3 is 1.81 bits per heavy atom. The van der Waals surface area contributed by atoms with Gasteiger partial charge in [-0.2, -0.15) is 0 Å². The van der Waals surface area contributed by atoms with Crippen LogP contribution in [-0.4, -0.2) is 18.5 Å². The highest BCUT2D eigenvalue weighted by molar-refractivity contribution is 6.11. The van der Waals surface area contributed by atoms with Crippen LogP contribution in [0, 0.1) is 6.92 Å². The van der Waals surface area contributed by atoms with Gasteiger partial charge in [-0.15, -0.1) is 0 Å². The van der Waals surface area contributed by atoms with Crippen molar-refractivity contribution in [3.8, 4) is 22.5 Å². The summed E-state index contributed by atoms with van der Waals surface area (Å²) < 4.78 is 6.93. The molecular formula is C38H26N4. The molecule has 9 aromatic rings. The summed E-state index contributed by atoms with van der Waals surface area (Å²) in [4.78, 5) is 5.07. The first-order valence-corrected chi connectivity index (χ1v) is 14.3. The highest BCUT2D eigenvalue weighted by Crippen LogP contribution is 2.37. The van der Waals surface area contributed by atoms with Crippen LogP contribution in [0.15, 0.2) is 140 Å². The average Bonchev–Trinajstić information content (AvgIpc) is 3.68. The van der Waals surface area contributed by atoms with Crippen LogP contribution in [0.5, 0.6) is 0 Å². The Kier molecular flexibility index (Phi) is 4.79. The maximum Gasteiger partial charge on any atom is 0.220 e. The van der Waals surface area contributed by atoms with Crippen LogP contribution < -0.4 is 0 Å². The average molecular weight is 539 g/mol. The summed E-state index contributed by atoms with van der Waals surface area (Å²) in [5.74, 6) is 0.923. The zero-order chi connectivity index (χ0) is 27.8. The SMILES string of the molecule is Cc1ccc2c(c1)c1cc(-c3ccc4c(c3)n3c5ccccc5nc3n4-c3ccccc3)ccc1n2-c1ccccc1. The van der Waals surface area contributed by atoms with E-state index >= 15 is 0 Å². The molecule has 42 heavy (non-hydrogen) atoms. The van der Waals surface area contributed by atoms with Crippen molar-refractivity contribution in [2.45, 2.75) is 6.92 Å². The van der Waals surface area contributed by atoms with Crippen LogP contribution in [0.2, 0.25) is 0 Å². The second kappa shape index (κ2) is 8.69. The molecule has 0 aliphatic carbocycles. The fourth-order valence-electron chi connectivity index (χ4n) is 6.58. The van der Waals surface area contributed by atoms with Gasteiger partial charge in [0.05, 0.1) is 33.1 Å². The fourth-order valence-corrected chi connectivity index (χ4v) is 6.58. The first kappa shape index (κ1) is 23.1. The minimum Gasteiger partial charge on any atom is -0.309 e. The van der Waals surface area contributed by atoms with Crippen molar-refractivity contribution >= 4 is 49.7 Å². The third kappa shape index (κ3) is 3.26. The predicted molar refractivity (Wildman–Crippen MR) is 174 cm³/mol. The number of imidazole rings is 2. The van der Waals surface area contributed by atoms with Gasteiger partial charge in [0.1, 0.15) is 0 Å². The molecule has 0 spiro atoms. The lowest BCUT2D eigenvalue weighted by Crippen LogP contribution is -1.94. The van der Waals surface area contributed by atoms with Crippen molar-refractivity contribution in [3.05, 3.63) is 145 Å². The van der Waals surface area contributed by atoms with Crippen LogP contribution in [0.4, 0.5) is 0 Å². The van der Waals surface area contributed by atoms with E-state index in [0.29, 0.717) is 0 Å². The van der Waals surface area contributed by atoms with E-state index in [1.807, 2.05) is 0 Å². The number of nitrogens with zero attached hydrogens (tertiary/aromatic N) is 4. The molecule has 4 heteroatoms. The van der Waals surface area contributed by atoms with Crippen molar-refractivity contribution < 1.29 is 0 Å². The smallest absolute Gasteiger partial charge is 0.220 e. The van der Waals surface area contributed by atoms with E-state index in [9.17, 15) is 0 Å². The maximum absolute atomic E-state index is 5.07. The molecule has 0 saturated heterocycles. The van der Waals surface area contributed by atoms with Gasteiger partial charge in [-0.1, -0.05) is 72.3 Å². The first-order valence-electron chi connectivity index (χ1n) is 14.3. The lowest BCUT2D eigenvalue weighted by Gasteiger charge is -2.09. The minimum absolute atomic E-state index is 0.923. The molecule has 4 nitrogen and oxygen atoms in total. The van der Waals surface area contributed by atoms with E-state index in [0.717, 1.165) is 33.5 Å². The van der Waals surface area contributed by atoms with E-state index in [-0.39, 0.29) is 0 Å². The van der Waals surface area contributed by atoms with Crippen molar-refractivity contribution in [1.82, 2.24) is 18.5 Å². The summed E-state index contributed by atoms with van der Waals surface area (Å²) in [7, 11) is 0. The molecule has 0 bridgehead atoms. The molecule has 9 rings (SSSR count). The molecule has 0 amide bonds. The summed E-state index contributed by atoms with van der Waals surface area (Å²) in [6.07, 6.45) is 0. The standard InChI is InChI=1S/C38H26N4/c1-25-16-19-33-30(22-25)31-23-26(17-20-34(31)40(33)28-10-4-2-5-11-28)27-18-21-36-37(24-27)42-35-15-9-8-14-32(35)39-38(42)41(36)29-12-6-3-7-13-29/h2-24H,1H3. The molecule has 0 atom stereocenters. The second-order valence-corrected chi connectivity index (χ2v) is 11.0. The lowest BCUT2D eigenvalue weighted by molar-refractivity contribution is 1.11. The Bertz CT molecular complexity index is 2460. The molecular weight excluding hydrogens is 512 g/mol. The summed E-state index contributed by atoms with van der Waals surface area (Å²) in [5.41, 5.74) is 12.7. The van der Waals surface area contributed by atoms with Crippen LogP contribution in [0.3, 0.4) is 0 Å². The monoisotopic (exact) mass is 538 g/mol. The Morgan fingerprint density at radius 2 is 1.05 bits per heavy atom. The van der Waals surface area contributed by atoms with Gasteiger partial charge < -0.3 is 4.57 Å². The topological polar surface area (TPSA) is 27.2 Å². The third-order valence-corrected chi connectivity index (χ3v) is 8.48. The lowest BCUT2D eigenvalue weighted by atomic mass is 10.0. The number of aryl methyl sites for hydroxylation is 1. The van der Waals surface area contributed by atoms with Crippen LogP contribution in [0.1, 0.15) is 5.56 Å². The largest absolute Gasteiger partial charge is 0.309 e. The van der Waals surface area contributed by atoms with Gasteiger partial charge in [-0.25, -0.2) is 4.98 Å². The number of rotatable bonds is 3. The van der Waals surface area contributed by atoms with Crippen molar-refractivity contribution in [3.63, 3.8) is 0 Å². The van der Waals surface area contributed by atoms with E-state index in [2.05, 4.69) is 160 Å². The van der Waals surface area contributed by atoms with Gasteiger partial charge in [0.25, 0.3) is 0 Å². The van der Waals surface area contributed by atoms with Gasteiger partial charge in [0.2, 0.25) is 5.78 Å². The highest BCUT2D eigenvalue weighted by atomic mass is 15.2. The maximum atomic E-state index is 5.07. The number of benzene rings is 6. The van der Waals surface area contributed by atoms with Gasteiger partial charge in [-0.05, 0) is 90.8 Å². The number of hydrogen-bond donors (Lipinski definition) is 0. The van der Waals surface area contributed by atoms with Crippen LogP contribution in [-0.2, 0) is 0 Å². The summed E-state index contributed by atoms with van der Waals surface area (Å²) in [6, 6.07) is 50.0. The first-order chi connectivity index (χ1) is 20.7. The van der Waals surface area contributed by atoms with Crippen molar-refractivity contribution in [2.75, 3.05) is 0 Å². The van der Waals surface area contributed by atoms with Crippen LogP contribution in [0.25, 0.3) is 72.2 Å². The quantitative estimate of drug-likeness (QED) is 0.220. The van der Waals surface area contributed by atoms with Gasteiger partial charge in [-0.3, -0.25) is 8.97 Å². The summed E-state index contributed by atoms with van der Waals surface area (Å²) >= 11 is 0. The van der Waals surface area contributed by atoms with E-state index in [1.165, 1.54) is 44.2 Å². The molecule has 0 N–H and O–H groups in total. The minimum atomic E-state index is 0.923. The zero-order valence-corrected chi connectivity index (χ0v) is 23.1. The molecule has 198 valence electrons. The molecule has 0 saturated carbocycles. The van der Waals surface area contributed by atoms with Crippen molar-refractivity contribution in [1.29, 1.82) is 0 Å². The highest BCUT2D eigenvalue weighted by Gasteiger charge is 2.18. The van der Waals surface area contributed by atoms with E-state index in [4.69, 9.17) is 4.98 Å². The molecule has 0 aliphatic heterocycles. The van der Waals surface area contributed by atoms with Gasteiger partial charge in [0, 0.05) is 22.1 Å². The number of para-hydroxylation sites is 4. The third-order valence-electron chi connectivity index (χ3n) is 8.48. The van der Waals surface area contributed by atoms with Gasteiger partial charge >= 0.3 is 0 Å². The van der Waals surface area contributed by atoms with Crippen LogP contribution >= 0.6 is 0 Å². The van der Waals surface area contributed by atoms with E-state index < -0.39 is 0 Å². The predicted octanol–water partition coefficient (Wildman–Crippen LogP) is 9.50. The number of aromatic nitrogens is 4. The molecule has 0 unspecified atom stereocenters. The Balaban J connectivity index is 1.32. The number of hydrogen-bond acceptors (Lipinski definition) is 1. The van der Waals surface area contributed by atoms with E-state index in [1.54, 1.807) is 0 Å². The molecule has 3 aromatic heterocycles. The zero-order valence-electron chi connectivity index (χ0n) is 23.1. The van der Waals surface area contributed by atoms with Gasteiger partial charge in [0.15, 0.2) is 0 Å². The fraction of sp³-hybridized carbons (Fsp3) is 0.0263. The molecule has 0 radical (unpaired) electrons. The molecule has 6 aromatic carbocycles. The second-order valence-electron chi connectivity index (χ2n) is 11.0. The molecule has 0 aliphatic rings.